The number of carbonyl (C=O) groups excluding carboxylic acids is 2. The van der Waals surface area contributed by atoms with Crippen LogP contribution in [0.4, 0.5) is 0 Å². The number of nitrogens with zero attached hydrogens (tertiary/aromatic N) is 2. The minimum Gasteiger partial charge on any atom is -0.347 e. The molecule has 2 amide bonds. The smallest absolute Gasteiger partial charge is 0.288 e. The van der Waals surface area contributed by atoms with Gasteiger partial charge in [-0.3, -0.25) is 14.0 Å². The van der Waals surface area contributed by atoms with Gasteiger partial charge in [-0.2, -0.15) is 0 Å². The second-order valence-electron chi connectivity index (χ2n) is 5.84. The van der Waals surface area contributed by atoms with Crippen LogP contribution < -0.4 is 10.6 Å². The van der Waals surface area contributed by atoms with E-state index in [-0.39, 0.29) is 29.4 Å². The Balaban J connectivity index is 1.91. The van der Waals surface area contributed by atoms with E-state index in [1.54, 1.807) is 34.9 Å². The topological polar surface area (TPSA) is 75.5 Å². The van der Waals surface area contributed by atoms with Gasteiger partial charge in [-0.1, -0.05) is 42.5 Å². The van der Waals surface area contributed by atoms with Gasteiger partial charge in [0.2, 0.25) is 5.82 Å². The number of imidazole rings is 1. The lowest BCUT2D eigenvalue weighted by Crippen LogP contribution is -2.28. The number of benzene rings is 1. The highest BCUT2D eigenvalue weighted by Crippen LogP contribution is 2.16. The van der Waals surface area contributed by atoms with Crippen LogP contribution in [0.3, 0.4) is 0 Å². The lowest BCUT2D eigenvalue weighted by atomic mass is 10.1. The summed E-state index contributed by atoms with van der Waals surface area (Å²) in [5.74, 6) is -0.513. The van der Waals surface area contributed by atoms with Gasteiger partial charge >= 0.3 is 0 Å². The molecule has 0 saturated heterocycles. The second kappa shape index (κ2) is 7.65. The molecular formula is C20H20N4O2. The van der Waals surface area contributed by atoms with Crippen LogP contribution in [0.5, 0.6) is 0 Å². The van der Waals surface area contributed by atoms with Crippen molar-refractivity contribution in [2.45, 2.75) is 13.0 Å². The first-order valence-corrected chi connectivity index (χ1v) is 8.33. The third-order valence-corrected chi connectivity index (χ3v) is 4.02. The summed E-state index contributed by atoms with van der Waals surface area (Å²) in [7, 11) is 0. The lowest BCUT2D eigenvalue weighted by molar-refractivity contribution is 0.0928. The summed E-state index contributed by atoms with van der Waals surface area (Å²) >= 11 is 0. The molecule has 0 saturated carbocycles. The largest absolute Gasteiger partial charge is 0.347 e. The molecule has 0 radical (unpaired) electrons. The van der Waals surface area contributed by atoms with Crippen molar-refractivity contribution >= 4 is 17.3 Å². The average molecular weight is 348 g/mol. The molecular weight excluding hydrogens is 328 g/mol. The minimum atomic E-state index is -0.344. The number of hydrogen-bond donors (Lipinski definition) is 2. The van der Waals surface area contributed by atoms with E-state index < -0.39 is 0 Å². The second-order valence-corrected chi connectivity index (χ2v) is 5.84. The van der Waals surface area contributed by atoms with Crippen LogP contribution in [0.15, 0.2) is 67.4 Å². The number of rotatable bonds is 6. The van der Waals surface area contributed by atoms with Crippen molar-refractivity contribution in [1.29, 1.82) is 0 Å². The normalized spacial score (nSPS) is 11.7. The van der Waals surface area contributed by atoms with Gasteiger partial charge in [0.1, 0.15) is 0 Å². The Morgan fingerprint density at radius 3 is 2.62 bits per heavy atom. The molecule has 1 atom stereocenters. The maximum atomic E-state index is 12.8. The van der Waals surface area contributed by atoms with Crippen molar-refractivity contribution in [3.05, 3.63) is 84.5 Å². The molecule has 0 aliphatic heterocycles. The molecule has 0 bridgehead atoms. The molecule has 3 aromatic rings. The number of pyridine rings is 1. The van der Waals surface area contributed by atoms with Crippen LogP contribution in [0, 0.1) is 0 Å². The van der Waals surface area contributed by atoms with Gasteiger partial charge in [-0.25, -0.2) is 4.98 Å². The molecule has 132 valence electrons. The van der Waals surface area contributed by atoms with Crippen molar-refractivity contribution in [2.24, 2.45) is 0 Å². The Kier molecular flexibility index (Phi) is 5.12. The predicted octanol–water partition coefficient (Wildman–Crippen LogP) is 2.74. The number of fused-ring (bicyclic) bond motifs is 1. The van der Waals surface area contributed by atoms with Crippen molar-refractivity contribution in [3.63, 3.8) is 0 Å². The zero-order valence-electron chi connectivity index (χ0n) is 14.5. The molecule has 26 heavy (non-hydrogen) atoms. The van der Waals surface area contributed by atoms with Crippen molar-refractivity contribution in [3.8, 4) is 0 Å². The van der Waals surface area contributed by atoms with Crippen LogP contribution in [0.25, 0.3) is 5.52 Å². The molecule has 1 aromatic carbocycles. The number of amides is 2. The fraction of sp³-hybridized carbons (Fsp3) is 0.150. The Hall–Kier alpha value is -3.41. The highest BCUT2D eigenvalue weighted by atomic mass is 16.2. The van der Waals surface area contributed by atoms with Crippen LogP contribution in [0.2, 0.25) is 0 Å². The predicted molar refractivity (Wildman–Crippen MR) is 100 cm³/mol. The zero-order valence-corrected chi connectivity index (χ0v) is 14.5. The Bertz CT molecular complexity index is 947. The van der Waals surface area contributed by atoms with E-state index in [4.69, 9.17) is 0 Å². The van der Waals surface area contributed by atoms with Gasteiger partial charge in [0, 0.05) is 12.7 Å². The first-order chi connectivity index (χ1) is 12.6. The standard InChI is InChI=1S/C20H20N4O2/c1-3-12-21-19(25)17-16-11-7-8-13-24(16)18(23-17)20(26)22-14(2)15-9-5-4-6-10-15/h3-11,13-14H,1,12H2,2H3,(H,21,25)(H,22,26). The van der Waals surface area contributed by atoms with Gasteiger partial charge < -0.3 is 10.6 Å². The fourth-order valence-corrected chi connectivity index (χ4v) is 2.70. The summed E-state index contributed by atoms with van der Waals surface area (Å²) < 4.78 is 1.62. The van der Waals surface area contributed by atoms with E-state index in [0.29, 0.717) is 12.1 Å². The molecule has 1 unspecified atom stereocenters. The lowest BCUT2D eigenvalue weighted by Gasteiger charge is -2.13. The summed E-state index contributed by atoms with van der Waals surface area (Å²) in [6, 6.07) is 14.8. The Morgan fingerprint density at radius 2 is 1.88 bits per heavy atom. The van der Waals surface area contributed by atoms with E-state index in [1.165, 1.54) is 0 Å². The van der Waals surface area contributed by atoms with Gasteiger partial charge in [0.25, 0.3) is 11.8 Å². The van der Waals surface area contributed by atoms with Gasteiger partial charge in [-0.05, 0) is 24.6 Å². The third kappa shape index (κ3) is 3.49. The van der Waals surface area contributed by atoms with Crippen LogP contribution in [0.1, 0.15) is 39.6 Å². The van der Waals surface area contributed by atoms with E-state index in [2.05, 4.69) is 22.2 Å². The zero-order chi connectivity index (χ0) is 18.5. The monoisotopic (exact) mass is 348 g/mol. The average Bonchev–Trinajstić information content (AvgIpc) is 3.06. The number of hydrogen-bond acceptors (Lipinski definition) is 3. The molecule has 3 rings (SSSR count). The molecule has 0 aliphatic rings. The molecule has 0 aliphatic carbocycles. The first-order valence-electron chi connectivity index (χ1n) is 8.33. The maximum absolute atomic E-state index is 12.8. The van der Waals surface area contributed by atoms with Gasteiger partial charge in [-0.15, -0.1) is 6.58 Å². The van der Waals surface area contributed by atoms with Gasteiger partial charge in [0.15, 0.2) is 5.69 Å². The quantitative estimate of drug-likeness (QED) is 0.673. The molecule has 2 heterocycles. The molecule has 2 aromatic heterocycles. The minimum absolute atomic E-state index is 0.173. The molecule has 6 nitrogen and oxygen atoms in total. The van der Waals surface area contributed by atoms with Crippen LogP contribution >= 0.6 is 0 Å². The number of nitrogens with one attached hydrogen (secondary N) is 2. The van der Waals surface area contributed by atoms with E-state index in [9.17, 15) is 9.59 Å². The maximum Gasteiger partial charge on any atom is 0.288 e. The number of aromatic nitrogens is 2. The molecule has 0 fully saturated rings. The van der Waals surface area contributed by atoms with Crippen molar-refractivity contribution in [1.82, 2.24) is 20.0 Å². The van der Waals surface area contributed by atoms with Gasteiger partial charge in [0.05, 0.1) is 11.6 Å². The SMILES string of the molecule is C=CCNC(=O)c1nc(C(=O)NC(C)c2ccccc2)n2ccccc12. The summed E-state index contributed by atoms with van der Waals surface area (Å²) in [6.07, 6.45) is 3.31. The molecule has 6 heteroatoms. The third-order valence-electron chi connectivity index (χ3n) is 4.02. The highest BCUT2D eigenvalue weighted by Gasteiger charge is 2.22. The highest BCUT2D eigenvalue weighted by molar-refractivity contribution is 6.02. The van der Waals surface area contributed by atoms with Crippen molar-refractivity contribution in [2.75, 3.05) is 6.54 Å². The van der Waals surface area contributed by atoms with E-state index >= 15 is 0 Å². The fourth-order valence-electron chi connectivity index (χ4n) is 2.70. The summed E-state index contributed by atoms with van der Waals surface area (Å²) in [5.41, 5.74) is 1.78. The van der Waals surface area contributed by atoms with Crippen molar-refractivity contribution < 1.29 is 9.59 Å². The summed E-state index contributed by atoms with van der Waals surface area (Å²) in [5, 5.41) is 5.63. The molecule has 0 spiro atoms. The summed E-state index contributed by atoms with van der Waals surface area (Å²) in [6.45, 7) is 5.81. The Labute approximate surface area is 151 Å². The van der Waals surface area contributed by atoms with Crippen LogP contribution in [-0.4, -0.2) is 27.7 Å². The first kappa shape index (κ1) is 17.4. The number of carbonyl (C=O) groups is 2. The molecule has 2 N–H and O–H groups in total. The van der Waals surface area contributed by atoms with Crippen LogP contribution in [-0.2, 0) is 0 Å². The van der Waals surface area contributed by atoms with E-state index in [1.807, 2.05) is 37.3 Å². The Morgan fingerprint density at radius 1 is 1.15 bits per heavy atom. The summed E-state index contributed by atoms with van der Waals surface area (Å²) in [4.78, 5) is 29.4. The van der Waals surface area contributed by atoms with E-state index in [0.717, 1.165) is 5.56 Å².